The molecular formula is C14H26N2O3S2. The van der Waals surface area contributed by atoms with Crippen molar-refractivity contribution in [3.8, 4) is 0 Å². The molecule has 21 heavy (non-hydrogen) atoms. The van der Waals surface area contributed by atoms with Gasteiger partial charge in [-0.3, -0.25) is 9.69 Å². The number of carbonyl (C=O) groups excluding carboxylic acids is 1. The maximum Gasteiger partial charge on any atom is 0.240 e. The number of amides is 1. The third-order valence-corrected chi connectivity index (χ3v) is 7.05. The molecule has 5 nitrogen and oxygen atoms in total. The molecule has 2 aliphatic rings. The van der Waals surface area contributed by atoms with Crippen molar-refractivity contribution < 1.29 is 13.2 Å². The average molecular weight is 335 g/mol. The molecule has 0 aromatic heterocycles. The molecule has 0 radical (unpaired) electrons. The van der Waals surface area contributed by atoms with Crippen LogP contribution < -0.4 is 0 Å². The van der Waals surface area contributed by atoms with Crippen LogP contribution in [0.1, 0.15) is 32.6 Å². The van der Waals surface area contributed by atoms with Crippen molar-refractivity contribution in [1.29, 1.82) is 0 Å². The van der Waals surface area contributed by atoms with E-state index in [0.29, 0.717) is 12.3 Å². The van der Waals surface area contributed by atoms with Gasteiger partial charge in [0.25, 0.3) is 0 Å². The zero-order chi connectivity index (χ0) is 15.5. The van der Waals surface area contributed by atoms with E-state index in [1.165, 1.54) is 19.1 Å². The molecule has 0 spiro atoms. The number of hydrogen-bond acceptors (Lipinski definition) is 5. The summed E-state index contributed by atoms with van der Waals surface area (Å²) in [5.74, 6) is 1.30. The van der Waals surface area contributed by atoms with Crippen LogP contribution >= 0.6 is 11.8 Å². The van der Waals surface area contributed by atoms with Crippen LogP contribution in [0.4, 0.5) is 0 Å². The van der Waals surface area contributed by atoms with Crippen molar-refractivity contribution in [1.82, 2.24) is 9.80 Å². The van der Waals surface area contributed by atoms with Crippen LogP contribution in [0.2, 0.25) is 0 Å². The van der Waals surface area contributed by atoms with Crippen LogP contribution in [0, 0.1) is 0 Å². The highest BCUT2D eigenvalue weighted by Gasteiger charge is 2.37. The molecule has 0 aromatic rings. The van der Waals surface area contributed by atoms with Gasteiger partial charge in [0.05, 0.1) is 6.04 Å². The zero-order valence-corrected chi connectivity index (χ0v) is 14.6. The highest BCUT2D eigenvalue weighted by atomic mass is 32.2. The second-order valence-corrected chi connectivity index (χ2v) is 9.37. The zero-order valence-electron chi connectivity index (χ0n) is 13.0. The lowest BCUT2D eigenvalue weighted by Crippen LogP contribution is -2.56. The smallest absolute Gasteiger partial charge is 0.240 e. The summed E-state index contributed by atoms with van der Waals surface area (Å²) < 4.78 is 23.9. The molecule has 2 aliphatic heterocycles. The summed E-state index contributed by atoms with van der Waals surface area (Å²) in [7, 11) is -3.23. The van der Waals surface area contributed by atoms with Gasteiger partial charge in [-0.2, -0.15) is 11.8 Å². The second-order valence-electron chi connectivity index (χ2n) is 6.02. The van der Waals surface area contributed by atoms with E-state index in [9.17, 15) is 13.2 Å². The maximum absolute atomic E-state index is 12.8. The van der Waals surface area contributed by atoms with Crippen LogP contribution in [0.3, 0.4) is 0 Å². The largest absolute Gasteiger partial charge is 0.323 e. The Labute approximate surface area is 132 Å². The van der Waals surface area contributed by atoms with Gasteiger partial charge in [0.1, 0.15) is 5.37 Å². The van der Waals surface area contributed by atoms with Crippen molar-refractivity contribution in [2.45, 2.75) is 44.0 Å². The normalized spacial score (nSPS) is 27.1. The van der Waals surface area contributed by atoms with Crippen molar-refractivity contribution in [2.24, 2.45) is 0 Å². The molecule has 0 bridgehead atoms. The number of carbonyl (C=O) groups is 1. The minimum atomic E-state index is -3.23. The standard InChI is InChI=1S/C14H26N2O3S2/c1-12(15-7-5-3-4-6-8-15)14(17)16-9-10-20-11-13(16)21(2,18)19/h12-13H,3-11H2,1-2H3/t12-,13+/m0/s1. The van der Waals surface area contributed by atoms with Gasteiger partial charge in [0, 0.05) is 24.3 Å². The Balaban J connectivity index is 2.08. The van der Waals surface area contributed by atoms with Crippen LogP contribution in [0.15, 0.2) is 0 Å². The van der Waals surface area contributed by atoms with Crippen LogP contribution in [0.5, 0.6) is 0 Å². The summed E-state index contributed by atoms with van der Waals surface area (Å²) in [4.78, 5) is 16.6. The first-order valence-corrected chi connectivity index (χ1v) is 10.8. The number of nitrogens with zero attached hydrogens (tertiary/aromatic N) is 2. The predicted octanol–water partition coefficient (Wildman–Crippen LogP) is 1.20. The molecular weight excluding hydrogens is 308 g/mol. The molecule has 0 saturated carbocycles. The van der Waals surface area contributed by atoms with Crippen LogP contribution in [-0.2, 0) is 14.6 Å². The Kier molecular flexibility index (Phi) is 5.96. The molecule has 2 saturated heterocycles. The van der Waals surface area contributed by atoms with Gasteiger partial charge >= 0.3 is 0 Å². The van der Waals surface area contributed by atoms with E-state index >= 15 is 0 Å². The lowest BCUT2D eigenvalue weighted by Gasteiger charge is -2.38. The molecule has 2 atom stereocenters. The van der Waals surface area contributed by atoms with Crippen molar-refractivity contribution >= 4 is 27.5 Å². The van der Waals surface area contributed by atoms with Gasteiger partial charge in [0.2, 0.25) is 5.91 Å². The fourth-order valence-corrected chi connectivity index (χ4v) is 5.89. The summed E-state index contributed by atoms with van der Waals surface area (Å²) in [6, 6.07) is -0.213. The summed E-state index contributed by atoms with van der Waals surface area (Å²) >= 11 is 1.62. The molecule has 122 valence electrons. The lowest BCUT2D eigenvalue weighted by molar-refractivity contribution is -0.136. The quantitative estimate of drug-likeness (QED) is 0.776. The monoisotopic (exact) mass is 334 g/mol. The van der Waals surface area contributed by atoms with Crippen LogP contribution in [-0.4, -0.2) is 72.9 Å². The van der Waals surface area contributed by atoms with E-state index in [0.717, 1.165) is 31.7 Å². The second kappa shape index (κ2) is 7.33. The van der Waals surface area contributed by atoms with Crippen molar-refractivity contribution in [3.05, 3.63) is 0 Å². The molecule has 0 aliphatic carbocycles. The van der Waals surface area contributed by atoms with Crippen molar-refractivity contribution in [3.63, 3.8) is 0 Å². The lowest BCUT2D eigenvalue weighted by atomic mass is 10.2. The predicted molar refractivity (Wildman–Crippen MR) is 87.2 cm³/mol. The van der Waals surface area contributed by atoms with Crippen molar-refractivity contribution in [2.75, 3.05) is 37.4 Å². The number of thioether (sulfide) groups is 1. The first-order valence-electron chi connectivity index (χ1n) is 7.72. The average Bonchev–Trinajstić information content (AvgIpc) is 2.74. The van der Waals surface area contributed by atoms with Gasteiger partial charge in [-0.15, -0.1) is 0 Å². The van der Waals surface area contributed by atoms with Gasteiger partial charge in [-0.25, -0.2) is 8.42 Å². The minimum absolute atomic E-state index is 0.0207. The Morgan fingerprint density at radius 3 is 2.33 bits per heavy atom. The number of likely N-dealkylation sites (tertiary alicyclic amines) is 1. The third kappa shape index (κ3) is 4.36. The van der Waals surface area contributed by atoms with Gasteiger partial charge in [0.15, 0.2) is 9.84 Å². The molecule has 1 amide bonds. The third-order valence-electron chi connectivity index (χ3n) is 4.41. The molecule has 2 fully saturated rings. The van der Waals surface area contributed by atoms with Gasteiger partial charge in [-0.1, -0.05) is 12.8 Å². The minimum Gasteiger partial charge on any atom is -0.323 e. The Morgan fingerprint density at radius 2 is 1.76 bits per heavy atom. The summed E-state index contributed by atoms with van der Waals surface area (Å²) in [6.45, 7) is 4.35. The Hall–Kier alpha value is -0.270. The fourth-order valence-electron chi connectivity index (χ4n) is 3.07. The van der Waals surface area contributed by atoms with E-state index < -0.39 is 15.2 Å². The number of hydrogen-bond donors (Lipinski definition) is 0. The van der Waals surface area contributed by atoms with Crippen LogP contribution in [0.25, 0.3) is 0 Å². The molecule has 7 heteroatoms. The van der Waals surface area contributed by atoms with Gasteiger partial charge < -0.3 is 4.90 Å². The summed E-state index contributed by atoms with van der Waals surface area (Å²) in [5, 5.41) is -0.654. The first kappa shape index (κ1) is 17.1. The highest BCUT2D eigenvalue weighted by molar-refractivity contribution is 8.00. The molecule has 0 N–H and O–H groups in total. The SMILES string of the molecule is C[C@@H](C(=O)N1CCSC[C@H]1S(C)(=O)=O)N1CCCCCC1. The van der Waals surface area contributed by atoms with E-state index in [2.05, 4.69) is 4.90 Å². The van der Waals surface area contributed by atoms with E-state index in [4.69, 9.17) is 0 Å². The number of rotatable bonds is 3. The van der Waals surface area contributed by atoms with E-state index in [1.807, 2.05) is 6.92 Å². The molecule has 2 heterocycles. The van der Waals surface area contributed by atoms with E-state index in [1.54, 1.807) is 16.7 Å². The molecule has 0 unspecified atom stereocenters. The Morgan fingerprint density at radius 1 is 1.14 bits per heavy atom. The maximum atomic E-state index is 12.8. The summed E-state index contributed by atoms with van der Waals surface area (Å²) in [6.07, 6.45) is 5.94. The highest BCUT2D eigenvalue weighted by Crippen LogP contribution is 2.23. The molecule has 0 aromatic carbocycles. The topological polar surface area (TPSA) is 57.7 Å². The summed E-state index contributed by atoms with van der Waals surface area (Å²) in [5.41, 5.74) is 0. The fraction of sp³-hybridized carbons (Fsp3) is 0.929. The molecule has 2 rings (SSSR count). The van der Waals surface area contributed by atoms with E-state index in [-0.39, 0.29) is 11.9 Å². The first-order chi connectivity index (χ1) is 9.91. The van der Waals surface area contributed by atoms with Gasteiger partial charge in [-0.05, 0) is 32.9 Å². The Bertz CT molecular complexity index is 459. The number of sulfone groups is 1.